The number of rotatable bonds is 3. The van der Waals surface area contributed by atoms with Crippen LogP contribution in [0.2, 0.25) is 0 Å². The summed E-state index contributed by atoms with van der Waals surface area (Å²) in [6, 6.07) is 0. The van der Waals surface area contributed by atoms with E-state index in [4.69, 9.17) is 10.9 Å². The maximum atomic E-state index is 10.5. The van der Waals surface area contributed by atoms with Gasteiger partial charge in [0.15, 0.2) is 0 Å². The van der Waals surface area contributed by atoms with Gasteiger partial charge in [0.2, 0.25) is 6.33 Å². The standard InChI is InChI=1S/C6H9N5O3/c1-10-3-8-6(11(13)14)4(10)2-5(7)9-12/h3,12H,2H2,1H3,(H2,7,9). The van der Waals surface area contributed by atoms with Gasteiger partial charge in [0.1, 0.15) is 11.5 Å². The number of hydrogen-bond donors (Lipinski definition) is 2. The Kier molecular flexibility index (Phi) is 2.65. The lowest BCUT2D eigenvalue weighted by atomic mass is 10.3. The van der Waals surface area contributed by atoms with Gasteiger partial charge in [-0.05, 0) is 9.91 Å². The Morgan fingerprint density at radius 3 is 3.07 bits per heavy atom. The fourth-order valence-corrected chi connectivity index (χ4v) is 1.01. The smallest absolute Gasteiger partial charge is 0.385 e. The number of aryl methyl sites for hydroxylation is 1. The Morgan fingerprint density at radius 2 is 2.57 bits per heavy atom. The van der Waals surface area contributed by atoms with E-state index in [1.807, 2.05) is 0 Å². The second kappa shape index (κ2) is 3.73. The predicted molar refractivity (Wildman–Crippen MR) is 47.0 cm³/mol. The minimum atomic E-state index is -0.611. The molecular formula is C6H9N5O3. The van der Waals surface area contributed by atoms with Crippen LogP contribution >= 0.6 is 0 Å². The van der Waals surface area contributed by atoms with Crippen LogP contribution in [0.25, 0.3) is 0 Å². The fourth-order valence-electron chi connectivity index (χ4n) is 1.01. The lowest BCUT2D eigenvalue weighted by Gasteiger charge is -1.99. The van der Waals surface area contributed by atoms with E-state index < -0.39 is 4.92 Å². The van der Waals surface area contributed by atoms with E-state index in [-0.39, 0.29) is 18.1 Å². The molecular weight excluding hydrogens is 190 g/mol. The summed E-state index contributed by atoms with van der Waals surface area (Å²) < 4.78 is 1.45. The molecule has 0 aliphatic carbocycles. The topological polar surface area (TPSA) is 120 Å². The van der Waals surface area contributed by atoms with Crippen LogP contribution in [0.1, 0.15) is 5.69 Å². The quantitative estimate of drug-likeness (QED) is 0.226. The van der Waals surface area contributed by atoms with Gasteiger partial charge < -0.3 is 25.6 Å². The molecule has 0 unspecified atom stereocenters. The molecule has 14 heavy (non-hydrogen) atoms. The summed E-state index contributed by atoms with van der Waals surface area (Å²) in [4.78, 5) is 13.5. The highest BCUT2D eigenvalue weighted by atomic mass is 16.6. The first-order valence-electron chi connectivity index (χ1n) is 3.67. The third-order valence-corrected chi connectivity index (χ3v) is 1.69. The van der Waals surface area contributed by atoms with Crippen LogP contribution in [0.3, 0.4) is 0 Å². The fraction of sp³-hybridized carbons (Fsp3) is 0.333. The summed E-state index contributed by atoms with van der Waals surface area (Å²) in [5, 5.41) is 21.5. The number of oxime groups is 1. The van der Waals surface area contributed by atoms with Gasteiger partial charge in [0, 0.05) is 7.05 Å². The second-order valence-corrected chi connectivity index (χ2v) is 2.65. The van der Waals surface area contributed by atoms with E-state index in [1.54, 1.807) is 7.05 Å². The first kappa shape index (κ1) is 9.96. The van der Waals surface area contributed by atoms with Gasteiger partial charge in [-0.1, -0.05) is 5.16 Å². The molecule has 0 saturated carbocycles. The predicted octanol–water partition coefficient (Wildman–Crippen LogP) is -0.383. The number of nitro groups is 1. The van der Waals surface area contributed by atoms with Crippen LogP contribution in [0.4, 0.5) is 5.82 Å². The average Bonchev–Trinajstić information content (AvgIpc) is 2.48. The summed E-state index contributed by atoms with van der Waals surface area (Å²) >= 11 is 0. The Balaban J connectivity index is 3.05. The molecule has 0 saturated heterocycles. The number of hydrogen-bond acceptors (Lipinski definition) is 5. The number of aromatic nitrogens is 2. The number of nitrogens with two attached hydrogens (primary N) is 1. The Bertz CT molecular complexity index is 383. The summed E-state index contributed by atoms with van der Waals surface area (Å²) in [7, 11) is 1.60. The van der Waals surface area contributed by atoms with Crippen molar-refractivity contribution in [2.75, 3.05) is 0 Å². The van der Waals surface area contributed by atoms with E-state index >= 15 is 0 Å². The van der Waals surface area contributed by atoms with Crippen LogP contribution in [0.5, 0.6) is 0 Å². The van der Waals surface area contributed by atoms with Gasteiger partial charge in [-0.15, -0.1) is 0 Å². The van der Waals surface area contributed by atoms with Crippen LogP contribution in [0, 0.1) is 10.1 Å². The average molecular weight is 199 g/mol. The van der Waals surface area contributed by atoms with Crippen LogP contribution < -0.4 is 5.73 Å². The van der Waals surface area contributed by atoms with Crippen molar-refractivity contribution in [3.63, 3.8) is 0 Å². The van der Waals surface area contributed by atoms with Crippen molar-refractivity contribution in [3.05, 3.63) is 22.1 Å². The van der Waals surface area contributed by atoms with E-state index in [2.05, 4.69) is 10.1 Å². The third-order valence-electron chi connectivity index (χ3n) is 1.69. The van der Waals surface area contributed by atoms with Crippen molar-refractivity contribution in [1.29, 1.82) is 0 Å². The van der Waals surface area contributed by atoms with Crippen LogP contribution in [0.15, 0.2) is 11.5 Å². The highest BCUT2D eigenvalue weighted by molar-refractivity contribution is 5.82. The van der Waals surface area contributed by atoms with Gasteiger partial charge in [-0.2, -0.15) is 0 Å². The molecule has 0 aliphatic rings. The molecule has 0 aromatic carbocycles. The molecule has 1 rings (SSSR count). The Hall–Kier alpha value is -2.12. The van der Waals surface area contributed by atoms with Crippen molar-refractivity contribution in [2.24, 2.45) is 17.9 Å². The Morgan fingerprint density at radius 1 is 1.93 bits per heavy atom. The van der Waals surface area contributed by atoms with Crippen molar-refractivity contribution in [1.82, 2.24) is 9.55 Å². The molecule has 8 heteroatoms. The molecule has 0 aliphatic heterocycles. The molecule has 1 heterocycles. The minimum absolute atomic E-state index is 0.0106. The molecule has 0 bridgehead atoms. The maximum absolute atomic E-state index is 10.5. The lowest BCUT2D eigenvalue weighted by Crippen LogP contribution is -2.17. The lowest BCUT2D eigenvalue weighted by molar-refractivity contribution is -0.390. The van der Waals surface area contributed by atoms with E-state index in [9.17, 15) is 10.1 Å². The third kappa shape index (κ3) is 1.79. The molecule has 1 aromatic heterocycles. The number of amidine groups is 1. The van der Waals surface area contributed by atoms with Crippen molar-refractivity contribution >= 4 is 11.7 Å². The molecule has 76 valence electrons. The first-order valence-corrected chi connectivity index (χ1v) is 3.67. The molecule has 8 nitrogen and oxygen atoms in total. The van der Waals surface area contributed by atoms with Gasteiger partial charge >= 0.3 is 5.82 Å². The molecule has 0 amide bonds. The second-order valence-electron chi connectivity index (χ2n) is 2.65. The number of imidazole rings is 1. The largest absolute Gasteiger partial charge is 0.409 e. The zero-order chi connectivity index (χ0) is 10.7. The SMILES string of the molecule is Cn1cnc([N+](=O)[O-])c1C/C(N)=N/O. The summed E-state index contributed by atoms with van der Waals surface area (Å²) in [5.74, 6) is -0.379. The van der Waals surface area contributed by atoms with Gasteiger partial charge in [-0.3, -0.25) is 0 Å². The zero-order valence-electron chi connectivity index (χ0n) is 7.41. The van der Waals surface area contributed by atoms with Gasteiger partial charge in [-0.25, -0.2) is 0 Å². The van der Waals surface area contributed by atoms with Crippen molar-refractivity contribution in [2.45, 2.75) is 6.42 Å². The van der Waals surface area contributed by atoms with Crippen molar-refractivity contribution < 1.29 is 10.1 Å². The number of nitrogens with zero attached hydrogens (tertiary/aromatic N) is 4. The molecule has 0 fully saturated rings. The van der Waals surface area contributed by atoms with E-state index in [1.165, 1.54) is 10.9 Å². The van der Waals surface area contributed by atoms with E-state index in [0.717, 1.165) is 0 Å². The maximum Gasteiger partial charge on any atom is 0.385 e. The van der Waals surface area contributed by atoms with Gasteiger partial charge in [0.25, 0.3) is 0 Å². The summed E-state index contributed by atoms with van der Waals surface area (Å²) in [6.45, 7) is 0. The summed E-state index contributed by atoms with van der Waals surface area (Å²) in [5.41, 5.74) is 5.53. The molecule has 1 aromatic rings. The van der Waals surface area contributed by atoms with Crippen molar-refractivity contribution in [3.8, 4) is 0 Å². The Labute approximate surface area is 78.8 Å². The molecule has 0 radical (unpaired) electrons. The van der Waals surface area contributed by atoms with Crippen LogP contribution in [-0.2, 0) is 13.5 Å². The normalized spacial score (nSPS) is 11.6. The summed E-state index contributed by atoms with van der Waals surface area (Å²) in [6.07, 6.45) is 1.29. The zero-order valence-corrected chi connectivity index (χ0v) is 7.41. The molecule has 3 N–H and O–H groups in total. The minimum Gasteiger partial charge on any atom is -0.409 e. The van der Waals surface area contributed by atoms with Gasteiger partial charge in [0.05, 0.1) is 6.42 Å². The molecule has 0 atom stereocenters. The monoisotopic (exact) mass is 199 g/mol. The van der Waals surface area contributed by atoms with E-state index in [0.29, 0.717) is 5.69 Å². The highest BCUT2D eigenvalue weighted by Crippen LogP contribution is 2.15. The highest BCUT2D eigenvalue weighted by Gasteiger charge is 2.20. The first-order chi connectivity index (χ1) is 6.56. The van der Waals surface area contributed by atoms with Crippen LogP contribution in [-0.4, -0.2) is 25.5 Å². The molecule has 0 spiro atoms.